The number of hydrogen-bond acceptors (Lipinski definition) is 2. The van der Waals surface area contributed by atoms with Crippen LogP contribution in [-0.2, 0) is 4.79 Å². The lowest BCUT2D eigenvalue weighted by Crippen LogP contribution is -2.41. The number of hydrogen-bond donors (Lipinski definition) is 2. The molecule has 3 heteroatoms. The second kappa shape index (κ2) is 5.63. The highest BCUT2D eigenvalue weighted by Crippen LogP contribution is 2.24. The number of nitrogens with one attached hydrogen (secondary N) is 2. The molecule has 3 nitrogen and oxygen atoms in total. The van der Waals surface area contributed by atoms with Crippen molar-refractivity contribution in [2.75, 3.05) is 6.54 Å². The zero-order chi connectivity index (χ0) is 13.9. The Hall–Kier alpha value is -1.87. The van der Waals surface area contributed by atoms with Gasteiger partial charge >= 0.3 is 0 Å². The van der Waals surface area contributed by atoms with Crippen molar-refractivity contribution in [1.82, 2.24) is 10.6 Å². The van der Waals surface area contributed by atoms with Crippen LogP contribution >= 0.6 is 0 Å². The van der Waals surface area contributed by atoms with Crippen molar-refractivity contribution in [2.24, 2.45) is 0 Å². The Bertz CT molecular complexity index is 612. The van der Waals surface area contributed by atoms with Gasteiger partial charge in [-0.25, -0.2) is 0 Å². The maximum atomic E-state index is 12.2. The summed E-state index contributed by atoms with van der Waals surface area (Å²) in [6.07, 6.45) is 2.02. The normalized spacial score (nSPS) is 19.9. The van der Waals surface area contributed by atoms with E-state index in [9.17, 15) is 4.79 Å². The van der Waals surface area contributed by atoms with E-state index in [0.717, 1.165) is 19.4 Å². The molecular weight excluding hydrogens is 248 g/mol. The van der Waals surface area contributed by atoms with Gasteiger partial charge in [0.05, 0.1) is 12.1 Å². The van der Waals surface area contributed by atoms with Gasteiger partial charge in [0.1, 0.15) is 0 Å². The third-order valence-corrected chi connectivity index (χ3v) is 4.03. The molecule has 0 unspecified atom stereocenters. The van der Waals surface area contributed by atoms with Crippen LogP contribution in [0, 0.1) is 0 Å². The Morgan fingerprint density at radius 1 is 1.25 bits per heavy atom. The molecule has 1 heterocycles. The molecule has 1 fully saturated rings. The second-order valence-corrected chi connectivity index (χ2v) is 5.45. The van der Waals surface area contributed by atoms with E-state index in [1.165, 1.54) is 16.3 Å². The zero-order valence-corrected chi connectivity index (χ0v) is 11.7. The molecule has 0 aromatic heterocycles. The predicted octanol–water partition coefficient (Wildman–Crippen LogP) is 2.77. The molecule has 20 heavy (non-hydrogen) atoms. The van der Waals surface area contributed by atoms with Crippen molar-refractivity contribution in [3.63, 3.8) is 0 Å². The van der Waals surface area contributed by atoms with Gasteiger partial charge in [-0.15, -0.1) is 0 Å². The van der Waals surface area contributed by atoms with Gasteiger partial charge in [-0.3, -0.25) is 4.79 Å². The van der Waals surface area contributed by atoms with Crippen LogP contribution in [0.3, 0.4) is 0 Å². The largest absolute Gasteiger partial charge is 0.348 e. The van der Waals surface area contributed by atoms with E-state index in [1.54, 1.807) is 0 Å². The molecule has 2 atom stereocenters. The minimum atomic E-state index is -0.0209. The first-order valence-corrected chi connectivity index (χ1v) is 7.27. The first-order chi connectivity index (χ1) is 9.75. The van der Waals surface area contributed by atoms with Crippen molar-refractivity contribution in [3.8, 4) is 0 Å². The highest BCUT2D eigenvalue weighted by Gasteiger charge is 2.23. The van der Waals surface area contributed by atoms with Crippen molar-refractivity contribution >= 4 is 16.7 Å². The van der Waals surface area contributed by atoms with E-state index in [1.807, 2.05) is 18.2 Å². The third-order valence-electron chi connectivity index (χ3n) is 4.03. The average Bonchev–Trinajstić information content (AvgIpc) is 3.01. The first-order valence-electron chi connectivity index (χ1n) is 7.27. The van der Waals surface area contributed by atoms with Crippen LogP contribution in [0.4, 0.5) is 0 Å². The number of fused-ring (bicyclic) bond motifs is 1. The minimum absolute atomic E-state index is 0.0209. The van der Waals surface area contributed by atoms with E-state index >= 15 is 0 Å². The van der Waals surface area contributed by atoms with E-state index in [0.29, 0.717) is 0 Å². The monoisotopic (exact) mass is 268 g/mol. The van der Waals surface area contributed by atoms with E-state index in [4.69, 9.17) is 0 Å². The van der Waals surface area contributed by atoms with Gasteiger partial charge < -0.3 is 10.6 Å². The lowest BCUT2D eigenvalue weighted by molar-refractivity contribution is -0.123. The molecule has 0 aliphatic carbocycles. The fourth-order valence-electron chi connectivity index (χ4n) is 2.93. The number of rotatable bonds is 3. The summed E-state index contributed by atoms with van der Waals surface area (Å²) in [6.45, 7) is 3.00. The van der Waals surface area contributed by atoms with Crippen LogP contribution in [0.15, 0.2) is 42.5 Å². The summed E-state index contributed by atoms with van der Waals surface area (Å²) in [4.78, 5) is 12.2. The first kappa shape index (κ1) is 13.1. The van der Waals surface area contributed by atoms with Crippen molar-refractivity contribution in [3.05, 3.63) is 48.0 Å². The maximum absolute atomic E-state index is 12.2. The lowest BCUT2D eigenvalue weighted by Gasteiger charge is -2.19. The summed E-state index contributed by atoms with van der Waals surface area (Å²) in [7, 11) is 0. The van der Waals surface area contributed by atoms with Gasteiger partial charge in [-0.2, -0.15) is 0 Å². The quantitative estimate of drug-likeness (QED) is 0.898. The van der Waals surface area contributed by atoms with Crippen LogP contribution in [0.5, 0.6) is 0 Å². The molecule has 1 saturated heterocycles. The third kappa shape index (κ3) is 2.54. The fraction of sp³-hybridized carbons (Fsp3) is 0.353. The molecule has 2 N–H and O–H groups in total. The Kier molecular flexibility index (Phi) is 3.70. The summed E-state index contributed by atoms with van der Waals surface area (Å²) in [5.74, 6) is 0.114. The Morgan fingerprint density at radius 2 is 2.05 bits per heavy atom. The molecular formula is C17H20N2O. The molecule has 3 rings (SSSR count). The zero-order valence-electron chi connectivity index (χ0n) is 11.7. The molecule has 2 aromatic carbocycles. The standard InChI is InChI=1S/C17H20N2O/c1-12(19-17(20)16-10-5-11-18-16)14-9-4-7-13-6-2-3-8-15(13)14/h2-4,6-9,12,16,18H,5,10-11H2,1H3,(H,19,20)/t12-,16-/m0/s1. The molecule has 0 radical (unpaired) electrons. The highest BCUT2D eigenvalue weighted by atomic mass is 16.2. The highest BCUT2D eigenvalue weighted by molar-refractivity contribution is 5.87. The van der Waals surface area contributed by atoms with Gasteiger partial charge in [0.25, 0.3) is 0 Å². The van der Waals surface area contributed by atoms with E-state index in [-0.39, 0.29) is 18.0 Å². The van der Waals surface area contributed by atoms with Crippen molar-refractivity contribution < 1.29 is 4.79 Å². The van der Waals surface area contributed by atoms with Gasteiger partial charge in [0.2, 0.25) is 5.91 Å². The fourth-order valence-corrected chi connectivity index (χ4v) is 2.93. The molecule has 0 spiro atoms. The molecule has 2 aromatic rings. The van der Waals surface area contributed by atoms with Gasteiger partial charge in [-0.1, -0.05) is 42.5 Å². The number of carbonyl (C=O) groups is 1. The predicted molar refractivity (Wildman–Crippen MR) is 81.5 cm³/mol. The van der Waals surface area contributed by atoms with E-state index < -0.39 is 0 Å². The number of amides is 1. The molecule has 1 aliphatic heterocycles. The summed E-state index contributed by atoms with van der Waals surface area (Å²) in [6, 6.07) is 14.5. The van der Waals surface area contributed by atoms with Gasteiger partial charge in [0, 0.05) is 0 Å². The summed E-state index contributed by atoms with van der Waals surface area (Å²) < 4.78 is 0. The molecule has 1 aliphatic rings. The van der Waals surface area contributed by atoms with Crippen molar-refractivity contribution in [1.29, 1.82) is 0 Å². The SMILES string of the molecule is C[C@H](NC(=O)[C@@H]1CCCN1)c1cccc2ccccc12. The molecule has 0 saturated carbocycles. The molecule has 104 valence electrons. The Morgan fingerprint density at radius 3 is 2.85 bits per heavy atom. The van der Waals surface area contributed by atoms with Gasteiger partial charge in [-0.05, 0) is 42.6 Å². The van der Waals surface area contributed by atoms with Gasteiger partial charge in [0.15, 0.2) is 0 Å². The topological polar surface area (TPSA) is 41.1 Å². The summed E-state index contributed by atoms with van der Waals surface area (Å²) in [5.41, 5.74) is 1.18. The molecule has 0 bridgehead atoms. The maximum Gasteiger partial charge on any atom is 0.237 e. The number of benzene rings is 2. The van der Waals surface area contributed by atoms with Crippen molar-refractivity contribution in [2.45, 2.75) is 31.8 Å². The Labute approximate surface area is 119 Å². The van der Waals surface area contributed by atoms with E-state index in [2.05, 4.69) is 41.8 Å². The van der Waals surface area contributed by atoms with Crippen LogP contribution in [-0.4, -0.2) is 18.5 Å². The lowest BCUT2D eigenvalue weighted by atomic mass is 9.99. The molecule has 1 amide bonds. The van der Waals surface area contributed by atoms with Crippen LogP contribution in [0.25, 0.3) is 10.8 Å². The summed E-state index contributed by atoms with van der Waals surface area (Å²) >= 11 is 0. The summed E-state index contributed by atoms with van der Waals surface area (Å²) in [5, 5.41) is 8.79. The second-order valence-electron chi connectivity index (χ2n) is 5.45. The minimum Gasteiger partial charge on any atom is -0.348 e. The average molecular weight is 268 g/mol. The van der Waals surface area contributed by atoms with Crippen LogP contribution < -0.4 is 10.6 Å². The Balaban J connectivity index is 1.81. The smallest absolute Gasteiger partial charge is 0.237 e. The van der Waals surface area contributed by atoms with Crippen LogP contribution in [0.2, 0.25) is 0 Å². The number of carbonyl (C=O) groups excluding carboxylic acids is 1. The van der Waals surface area contributed by atoms with Crippen LogP contribution in [0.1, 0.15) is 31.4 Å².